The molecule has 0 saturated carbocycles. The molecule has 2 N–H and O–H groups in total. The first kappa shape index (κ1) is 12.8. The Labute approximate surface area is 117 Å². The highest BCUT2D eigenvalue weighted by atomic mass is 16.2. The molecule has 0 unspecified atom stereocenters. The summed E-state index contributed by atoms with van der Waals surface area (Å²) in [5.74, 6) is -0.253. The molecular formula is C14H17N5O. The minimum absolute atomic E-state index is 0.253. The van der Waals surface area contributed by atoms with Gasteiger partial charge in [-0.3, -0.25) is 9.69 Å². The van der Waals surface area contributed by atoms with Gasteiger partial charge in [-0.2, -0.15) is 15.4 Å². The van der Waals surface area contributed by atoms with E-state index < -0.39 is 0 Å². The molecule has 1 amide bonds. The van der Waals surface area contributed by atoms with E-state index in [9.17, 15) is 4.79 Å². The molecule has 2 aromatic rings. The summed E-state index contributed by atoms with van der Waals surface area (Å²) in [6.45, 7) is 3.26. The number of rotatable bonds is 4. The number of benzene rings is 1. The molecule has 6 heteroatoms. The van der Waals surface area contributed by atoms with Gasteiger partial charge in [-0.15, -0.1) is 0 Å². The standard InChI is InChI=1S/C14H17N5O/c20-14(13-9-15-18-17-13)16-12-5-3-4-11(8-12)10-19-6-1-2-7-19/h3-5,8-9H,1-2,6-7,10H2,(H,16,20)(H,15,17,18). The molecule has 0 radical (unpaired) electrons. The molecule has 2 heterocycles. The van der Waals surface area contributed by atoms with Gasteiger partial charge < -0.3 is 5.32 Å². The van der Waals surface area contributed by atoms with E-state index in [1.54, 1.807) is 0 Å². The van der Waals surface area contributed by atoms with Gasteiger partial charge in [0, 0.05) is 12.2 Å². The van der Waals surface area contributed by atoms with E-state index in [1.165, 1.54) is 24.6 Å². The Balaban J connectivity index is 1.66. The van der Waals surface area contributed by atoms with Crippen molar-refractivity contribution in [3.63, 3.8) is 0 Å². The first-order valence-electron chi connectivity index (χ1n) is 6.80. The van der Waals surface area contributed by atoms with Crippen molar-refractivity contribution in [2.24, 2.45) is 0 Å². The predicted octanol–water partition coefficient (Wildman–Crippen LogP) is 1.65. The zero-order valence-corrected chi connectivity index (χ0v) is 11.2. The van der Waals surface area contributed by atoms with Gasteiger partial charge in [-0.25, -0.2) is 0 Å². The van der Waals surface area contributed by atoms with Gasteiger partial charge in [-0.05, 0) is 43.6 Å². The van der Waals surface area contributed by atoms with Crippen LogP contribution in [0, 0.1) is 0 Å². The van der Waals surface area contributed by atoms with E-state index in [4.69, 9.17) is 0 Å². The van der Waals surface area contributed by atoms with Crippen LogP contribution in [-0.2, 0) is 6.54 Å². The lowest BCUT2D eigenvalue weighted by Gasteiger charge is -2.15. The quantitative estimate of drug-likeness (QED) is 0.886. The molecule has 0 atom stereocenters. The van der Waals surface area contributed by atoms with Crippen LogP contribution in [-0.4, -0.2) is 39.3 Å². The first-order valence-corrected chi connectivity index (χ1v) is 6.80. The second kappa shape index (κ2) is 5.83. The Kier molecular flexibility index (Phi) is 3.73. The Bertz CT molecular complexity index is 575. The smallest absolute Gasteiger partial charge is 0.277 e. The Morgan fingerprint density at radius 3 is 2.95 bits per heavy atom. The van der Waals surface area contributed by atoms with Crippen molar-refractivity contribution in [2.45, 2.75) is 19.4 Å². The molecule has 1 aromatic heterocycles. The maximum atomic E-state index is 11.9. The SMILES string of the molecule is O=C(Nc1cccc(CN2CCCC2)c1)c1cn[nH]n1. The summed E-state index contributed by atoms with van der Waals surface area (Å²) in [4.78, 5) is 14.3. The van der Waals surface area contributed by atoms with Crippen LogP contribution in [0.25, 0.3) is 0 Å². The monoisotopic (exact) mass is 271 g/mol. The van der Waals surface area contributed by atoms with Crippen molar-refractivity contribution < 1.29 is 4.79 Å². The van der Waals surface area contributed by atoms with Crippen molar-refractivity contribution in [3.05, 3.63) is 41.7 Å². The van der Waals surface area contributed by atoms with Gasteiger partial charge in [0.2, 0.25) is 0 Å². The average Bonchev–Trinajstić information content (AvgIpc) is 3.12. The topological polar surface area (TPSA) is 73.9 Å². The van der Waals surface area contributed by atoms with Crippen molar-refractivity contribution >= 4 is 11.6 Å². The molecule has 6 nitrogen and oxygen atoms in total. The number of likely N-dealkylation sites (tertiary alicyclic amines) is 1. The maximum Gasteiger partial charge on any atom is 0.277 e. The maximum absolute atomic E-state index is 11.9. The second-order valence-electron chi connectivity index (χ2n) is 4.99. The number of aromatic amines is 1. The number of carbonyl (C=O) groups excluding carboxylic acids is 1. The van der Waals surface area contributed by atoms with Crippen LogP contribution in [0.5, 0.6) is 0 Å². The molecule has 1 aliphatic rings. The summed E-state index contributed by atoms with van der Waals surface area (Å²) in [5, 5.41) is 12.6. The molecule has 0 bridgehead atoms. The summed E-state index contributed by atoms with van der Waals surface area (Å²) in [7, 11) is 0. The van der Waals surface area contributed by atoms with Crippen molar-refractivity contribution in [2.75, 3.05) is 18.4 Å². The van der Waals surface area contributed by atoms with Crippen LogP contribution in [0.1, 0.15) is 28.9 Å². The number of hydrogen-bond acceptors (Lipinski definition) is 4. The average molecular weight is 271 g/mol. The summed E-state index contributed by atoms with van der Waals surface area (Å²) >= 11 is 0. The third kappa shape index (κ3) is 3.03. The summed E-state index contributed by atoms with van der Waals surface area (Å²) in [6, 6.07) is 7.94. The van der Waals surface area contributed by atoms with Crippen molar-refractivity contribution in [1.82, 2.24) is 20.3 Å². The lowest BCUT2D eigenvalue weighted by atomic mass is 10.2. The van der Waals surface area contributed by atoms with Crippen LogP contribution >= 0.6 is 0 Å². The van der Waals surface area contributed by atoms with E-state index in [0.29, 0.717) is 0 Å². The molecular weight excluding hydrogens is 254 g/mol. The van der Waals surface area contributed by atoms with Gasteiger partial charge in [0.25, 0.3) is 5.91 Å². The van der Waals surface area contributed by atoms with Crippen LogP contribution in [0.4, 0.5) is 5.69 Å². The third-order valence-electron chi connectivity index (χ3n) is 3.44. The van der Waals surface area contributed by atoms with Crippen LogP contribution in [0.3, 0.4) is 0 Å². The fraction of sp³-hybridized carbons (Fsp3) is 0.357. The Morgan fingerprint density at radius 1 is 1.35 bits per heavy atom. The Morgan fingerprint density at radius 2 is 2.20 bits per heavy atom. The van der Waals surface area contributed by atoms with Crippen molar-refractivity contribution in [3.8, 4) is 0 Å². The molecule has 104 valence electrons. The van der Waals surface area contributed by atoms with E-state index in [1.807, 2.05) is 18.2 Å². The highest BCUT2D eigenvalue weighted by Crippen LogP contribution is 2.16. The Hall–Kier alpha value is -2.21. The predicted molar refractivity (Wildman–Crippen MR) is 75.3 cm³/mol. The van der Waals surface area contributed by atoms with E-state index in [-0.39, 0.29) is 11.6 Å². The minimum Gasteiger partial charge on any atom is -0.321 e. The molecule has 0 spiro atoms. The van der Waals surface area contributed by atoms with Crippen LogP contribution < -0.4 is 5.32 Å². The van der Waals surface area contributed by atoms with E-state index >= 15 is 0 Å². The lowest BCUT2D eigenvalue weighted by molar-refractivity contribution is 0.102. The van der Waals surface area contributed by atoms with Gasteiger partial charge in [0.05, 0.1) is 6.20 Å². The van der Waals surface area contributed by atoms with Gasteiger partial charge in [0.15, 0.2) is 5.69 Å². The molecule has 1 saturated heterocycles. The zero-order chi connectivity index (χ0) is 13.8. The summed E-state index contributed by atoms with van der Waals surface area (Å²) in [6.07, 6.45) is 3.97. The van der Waals surface area contributed by atoms with Crippen LogP contribution in [0.2, 0.25) is 0 Å². The minimum atomic E-state index is -0.253. The fourth-order valence-electron chi connectivity index (χ4n) is 2.45. The molecule has 1 fully saturated rings. The highest BCUT2D eigenvalue weighted by molar-refractivity contribution is 6.02. The number of H-pyrrole nitrogens is 1. The second-order valence-corrected chi connectivity index (χ2v) is 4.99. The van der Waals surface area contributed by atoms with Crippen molar-refractivity contribution in [1.29, 1.82) is 0 Å². The molecule has 1 aliphatic heterocycles. The number of nitrogens with one attached hydrogen (secondary N) is 2. The number of anilines is 1. The summed E-state index contributed by atoms with van der Waals surface area (Å²) in [5.41, 5.74) is 2.29. The highest BCUT2D eigenvalue weighted by Gasteiger charge is 2.13. The van der Waals surface area contributed by atoms with Crippen LogP contribution in [0.15, 0.2) is 30.5 Å². The first-order chi connectivity index (χ1) is 9.81. The number of aromatic nitrogens is 3. The third-order valence-corrected chi connectivity index (χ3v) is 3.44. The summed E-state index contributed by atoms with van der Waals surface area (Å²) < 4.78 is 0. The number of nitrogens with zero attached hydrogens (tertiary/aromatic N) is 3. The van der Waals surface area contributed by atoms with E-state index in [0.717, 1.165) is 25.3 Å². The number of amides is 1. The fourth-order valence-corrected chi connectivity index (χ4v) is 2.45. The number of hydrogen-bond donors (Lipinski definition) is 2. The molecule has 0 aliphatic carbocycles. The lowest BCUT2D eigenvalue weighted by Crippen LogP contribution is -2.18. The van der Waals surface area contributed by atoms with Gasteiger partial charge in [-0.1, -0.05) is 12.1 Å². The molecule has 1 aromatic carbocycles. The van der Waals surface area contributed by atoms with Gasteiger partial charge >= 0.3 is 0 Å². The van der Waals surface area contributed by atoms with Gasteiger partial charge in [0.1, 0.15) is 0 Å². The molecule has 20 heavy (non-hydrogen) atoms. The molecule has 3 rings (SSSR count). The zero-order valence-electron chi connectivity index (χ0n) is 11.2. The normalized spacial score (nSPS) is 15.4. The van der Waals surface area contributed by atoms with E-state index in [2.05, 4.69) is 31.7 Å². The largest absolute Gasteiger partial charge is 0.321 e. The number of carbonyl (C=O) groups is 1.